The van der Waals surface area contributed by atoms with Gasteiger partial charge in [-0.25, -0.2) is 4.79 Å². The summed E-state index contributed by atoms with van der Waals surface area (Å²) in [7, 11) is 3.57. The topological polar surface area (TPSA) is 55.8 Å². The van der Waals surface area contributed by atoms with Crippen molar-refractivity contribution in [1.29, 1.82) is 0 Å². The zero-order valence-electron chi connectivity index (χ0n) is 12.7. The van der Waals surface area contributed by atoms with Crippen molar-refractivity contribution >= 4 is 6.03 Å². The third-order valence-corrected chi connectivity index (χ3v) is 4.06. The molecular weight excluding hydrogens is 242 g/mol. The molecule has 1 saturated heterocycles. The van der Waals surface area contributed by atoms with Crippen LogP contribution in [-0.2, 0) is 0 Å². The van der Waals surface area contributed by atoms with Crippen LogP contribution in [0.4, 0.5) is 4.79 Å². The van der Waals surface area contributed by atoms with E-state index in [-0.39, 0.29) is 12.1 Å². The van der Waals surface area contributed by atoms with Gasteiger partial charge in [0.2, 0.25) is 0 Å². The fourth-order valence-electron chi connectivity index (χ4n) is 2.32. The Balaban J connectivity index is 2.25. The van der Waals surface area contributed by atoms with Gasteiger partial charge in [-0.2, -0.15) is 0 Å². The molecule has 1 fully saturated rings. The summed E-state index contributed by atoms with van der Waals surface area (Å²) < 4.78 is 0. The Morgan fingerprint density at radius 2 is 2.00 bits per heavy atom. The number of hydrogen-bond donors (Lipinski definition) is 2. The first-order chi connectivity index (χ1) is 8.95. The molecule has 0 aromatic rings. The minimum atomic E-state index is -0.272. The molecule has 0 saturated carbocycles. The number of rotatable bonds is 5. The van der Waals surface area contributed by atoms with Crippen LogP contribution >= 0.6 is 0 Å². The van der Waals surface area contributed by atoms with Crippen LogP contribution in [0.15, 0.2) is 0 Å². The minimum Gasteiger partial charge on any atom is -0.392 e. The van der Waals surface area contributed by atoms with E-state index in [1.54, 1.807) is 19.0 Å². The van der Waals surface area contributed by atoms with E-state index in [1.165, 1.54) is 0 Å². The number of nitrogens with one attached hydrogen (secondary N) is 1. The van der Waals surface area contributed by atoms with E-state index in [1.807, 2.05) is 4.90 Å². The molecule has 0 radical (unpaired) electrons. The number of likely N-dealkylation sites (tertiary alicyclic amines) is 1. The SMILES string of the molecule is CCC(C)C(O)CNC1CCN(C(=O)N(C)C)CC1. The molecule has 2 atom stereocenters. The average Bonchev–Trinajstić information content (AvgIpc) is 2.43. The number of amides is 2. The second-order valence-electron chi connectivity index (χ2n) is 5.80. The number of carbonyl (C=O) groups excluding carboxylic acids is 1. The number of aliphatic hydroxyl groups is 1. The Labute approximate surface area is 117 Å². The summed E-state index contributed by atoms with van der Waals surface area (Å²) in [5.41, 5.74) is 0. The van der Waals surface area contributed by atoms with E-state index in [0.717, 1.165) is 32.4 Å². The Morgan fingerprint density at radius 1 is 1.42 bits per heavy atom. The molecule has 0 bridgehead atoms. The predicted molar refractivity (Wildman–Crippen MR) is 77.1 cm³/mol. The minimum absolute atomic E-state index is 0.0955. The molecule has 2 unspecified atom stereocenters. The summed E-state index contributed by atoms with van der Waals surface area (Å²) in [6, 6.07) is 0.517. The van der Waals surface area contributed by atoms with E-state index in [4.69, 9.17) is 0 Å². The van der Waals surface area contributed by atoms with Gasteiger partial charge in [0.05, 0.1) is 6.10 Å². The number of urea groups is 1. The molecule has 0 spiro atoms. The summed E-state index contributed by atoms with van der Waals surface area (Å²) in [6.45, 7) is 6.42. The molecule has 1 aliphatic rings. The summed E-state index contributed by atoms with van der Waals surface area (Å²) in [4.78, 5) is 15.3. The van der Waals surface area contributed by atoms with Gasteiger partial charge < -0.3 is 20.2 Å². The van der Waals surface area contributed by atoms with Crippen LogP contribution < -0.4 is 5.32 Å². The summed E-state index contributed by atoms with van der Waals surface area (Å²) in [5.74, 6) is 0.336. The Bertz CT molecular complexity index is 276. The van der Waals surface area contributed by atoms with Gasteiger partial charge in [0.1, 0.15) is 0 Å². The van der Waals surface area contributed by atoms with E-state index in [2.05, 4.69) is 19.2 Å². The van der Waals surface area contributed by atoms with Crippen LogP contribution in [0, 0.1) is 5.92 Å². The Kier molecular flexibility index (Phi) is 6.58. The molecule has 2 amide bonds. The standard InChI is InChI=1S/C14H29N3O2/c1-5-11(2)13(18)10-15-12-6-8-17(9-7-12)14(19)16(3)4/h11-13,15,18H,5-10H2,1-4H3. The van der Waals surface area contributed by atoms with E-state index in [9.17, 15) is 9.90 Å². The van der Waals surface area contributed by atoms with Crippen molar-refractivity contribution in [3.8, 4) is 0 Å². The Morgan fingerprint density at radius 3 is 2.47 bits per heavy atom. The first-order valence-electron chi connectivity index (χ1n) is 7.33. The quantitative estimate of drug-likeness (QED) is 0.788. The van der Waals surface area contributed by atoms with Crippen LogP contribution in [0.25, 0.3) is 0 Å². The summed E-state index contributed by atoms with van der Waals surface area (Å²) >= 11 is 0. The first-order valence-corrected chi connectivity index (χ1v) is 7.33. The summed E-state index contributed by atoms with van der Waals surface area (Å²) in [5, 5.41) is 13.4. The lowest BCUT2D eigenvalue weighted by molar-refractivity contribution is 0.103. The highest BCUT2D eigenvalue weighted by Crippen LogP contribution is 2.13. The van der Waals surface area contributed by atoms with Gasteiger partial charge in [0, 0.05) is 39.8 Å². The highest BCUT2D eigenvalue weighted by molar-refractivity contribution is 5.73. The number of carbonyl (C=O) groups is 1. The zero-order valence-corrected chi connectivity index (χ0v) is 12.7. The molecule has 1 aliphatic heterocycles. The molecule has 0 aromatic carbocycles. The van der Waals surface area contributed by atoms with Crippen LogP contribution in [0.1, 0.15) is 33.1 Å². The largest absolute Gasteiger partial charge is 0.392 e. The van der Waals surface area contributed by atoms with Crippen molar-refractivity contribution in [2.75, 3.05) is 33.7 Å². The van der Waals surface area contributed by atoms with Crippen LogP contribution in [0.5, 0.6) is 0 Å². The van der Waals surface area contributed by atoms with Crippen molar-refractivity contribution in [2.45, 2.75) is 45.3 Å². The number of hydrogen-bond acceptors (Lipinski definition) is 3. The molecular formula is C14H29N3O2. The molecule has 5 nitrogen and oxygen atoms in total. The van der Waals surface area contributed by atoms with Gasteiger partial charge in [-0.3, -0.25) is 0 Å². The number of piperidine rings is 1. The molecule has 19 heavy (non-hydrogen) atoms. The smallest absolute Gasteiger partial charge is 0.319 e. The molecule has 1 heterocycles. The lowest BCUT2D eigenvalue weighted by Crippen LogP contribution is -2.49. The maximum absolute atomic E-state index is 11.8. The van der Waals surface area contributed by atoms with E-state index < -0.39 is 0 Å². The molecule has 1 rings (SSSR count). The van der Waals surface area contributed by atoms with Gasteiger partial charge in [-0.15, -0.1) is 0 Å². The van der Waals surface area contributed by atoms with Gasteiger partial charge in [0.25, 0.3) is 0 Å². The van der Waals surface area contributed by atoms with E-state index >= 15 is 0 Å². The lowest BCUT2D eigenvalue weighted by Gasteiger charge is -2.34. The molecule has 0 aliphatic carbocycles. The fraction of sp³-hybridized carbons (Fsp3) is 0.929. The third-order valence-electron chi connectivity index (χ3n) is 4.06. The summed E-state index contributed by atoms with van der Waals surface area (Å²) in [6.07, 6.45) is 2.66. The monoisotopic (exact) mass is 271 g/mol. The second kappa shape index (κ2) is 7.70. The van der Waals surface area contributed by atoms with Crippen molar-refractivity contribution in [3.05, 3.63) is 0 Å². The third kappa shape index (κ3) is 4.99. The first kappa shape index (κ1) is 16.2. The van der Waals surface area contributed by atoms with Crippen molar-refractivity contribution in [1.82, 2.24) is 15.1 Å². The second-order valence-corrected chi connectivity index (χ2v) is 5.80. The zero-order chi connectivity index (χ0) is 14.4. The fourth-order valence-corrected chi connectivity index (χ4v) is 2.32. The molecule has 112 valence electrons. The van der Waals surface area contributed by atoms with E-state index in [0.29, 0.717) is 18.5 Å². The Hall–Kier alpha value is -0.810. The van der Waals surface area contributed by atoms with Crippen LogP contribution in [0.2, 0.25) is 0 Å². The van der Waals surface area contributed by atoms with Crippen LogP contribution in [-0.4, -0.2) is 66.8 Å². The van der Waals surface area contributed by atoms with Gasteiger partial charge in [-0.1, -0.05) is 20.3 Å². The van der Waals surface area contributed by atoms with Gasteiger partial charge in [0.15, 0.2) is 0 Å². The van der Waals surface area contributed by atoms with Crippen molar-refractivity contribution in [2.24, 2.45) is 5.92 Å². The van der Waals surface area contributed by atoms with Gasteiger partial charge in [-0.05, 0) is 18.8 Å². The number of nitrogens with zero attached hydrogens (tertiary/aromatic N) is 2. The molecule has 2 N–H and O–H groups in total. The average molecular weight is 271 g/mol. The van der Waals surface area contributed by atoms with Crippen molar-refractivity contribution < 1.29 is 9.90 Å². The predicted octanol–water partition coefficient (Wildman–Crippen LogP) is 1.13. The molecule has 5 heteroatoms. The van der Waals surface area contributed by atoms with Gasteiger partial charge >= 0.3 is 6.03 Å². The lowest BCUT2D eigenvalue weighted by atomic mass is 10.0. The normalized spacial score (nSPS) is 20.2. The highest BCUT2D eigenvalue weighted by atomic mass is 16.3. The van der Waals surface area contributed by atoms with Crippen molar-refractivity contribution in [3.63, 3.8) is 0 Å². The maximum atomic E-state index is 11.8. The maximum Gasteiger partial charge on any atom is 0.319 e. The molecule has 0 aromatic heterocycles. The highest BCUT2D eigenvalue weighted by Gasteiger charge is 2.24. The number of aliphatic hydroxyl groups excluding tert-OH is 1. The van der Waals surface area contributed by atoms with Crippen LogP contribution in [0.3, 0.4) is 0 Å².